The lowest BCUT2D eigenvalue weighted by atomic mass is 10.1. The van der Waals surface area contributed by atoms with Crippen molar-refractivity contribution in [3.8, 4) is 5.75 Å². The van der Waals surface area contributed by atoms with E-state index < -0.39 is 0 Å². The number of aryl methyl sites for hydroxylation is 1. The van der Waals surface area contributed by atoms with Crippen LogP contribution in [0.2, 0.25) is 0 Å². The van der Waals surface area contributed by atoms with E-state index in [9.17, 15) is 9.59 Å². The number of carbonyl (C=O) groups excluding carboxylic acids is 2. The van der Waals surface area contributed by atoms with Gasteiger partial charge in [-0.2, -0.15) is 0 Å². The summed E-state index contributed by atoms with van der Waals surface area (Å²) >= 11 is 0. The molecule has 178 valence electrons. The molecule has 0 aliphatic heterocycles. The van der Waals surface area contributed by atoms with E-state index in [0.717, 1.165) is 11.3 Å². The van der Waals surface area contributed by atoms with E-state index in [1.165, 1.54) is 0 Å². The smallest absolute Gasteiger partial charge is 0.243 e. The maximum atomic E-state index is 12.3. The number of carbonyl (C=O) groups is 2. The molecule has 7 heteroatoms. The first kappa shape index (κ1) is 24.8. The minimum atomic E-state index is -0.178. The minimum absolute atomic E-state index is 0.0473. The maximum absolute atomic E-state index is 12.3. The lowest BCUT2D eigenvalue weighted by Gasteiger charge is -2.11. The van der Waals surface area contributed by atoms with E-state index in [0.29, 0.717) is 49.8 Å². The second-order valence-electron chi connectivity index (χ2n) is 7.59. The summed E-state index contributed by atoms with van der Waals surface area (Å²) in [7, 11) is 0. The van der Waals surface area contributed by atoms with E-state index in [1.54, 1.807) is 24.3 Å². The van der Waals surface area contributed by atoms with Gasteiger partial charge in [-0.1, -0.05) is 36.4 Å². The highest BCUT2D eigenvalue weighted by Crippen LogP contribution is 2.18. The normalized spacial score (nSPS) is 10.4. The van der Waals surface area contributed by atoms with Gasteiger partial charge in [0, 0.05) is 36.2 Å². The number of anilines is 3. The van der Waals surface area contributed by atoms with Crippen LogP contribution in [0.1, 0.15) is 18.9 Å². The molecule has 0 heterocycles. The second kappa shape index (κ2) is 13.6. The van der Waals surface area contributed by atoms with Gasteiger partial charge in [0.1, 0.15) is 12.4 Å². The van der Waals surface area contributed by atoms with Crippen molar-refractivity contribution in [2.45, 2.75) is 19.8 Å². The summed E-state index contributed by atoms with van der Waals surface area (Å²) in [4.78, 5) is 24.5. The third-order valence-corrected chi connectivity index (χ3v) is 4.92. The molecular weight excluding hydrogens is 430 g/mol. The third kappa shape index (κ3) is 8.96. The molecule has 0 aliphatic rings. The van der Waals surface area contributed by atoms with Crippen molar-refractivity contribution in [3.63, 3.8) is 0 Å². The van der Waals surface area contributed by atoms with Gasteiger partial charge in [0.2, 0.25) is 11.8 Å². The van der Waals surface area contributed by atoms with E-state index in [1.807, 2.05) is 61.5 Å². The highest BCUT2D eigenvalue weighted by Gasteiger charge is 2.06. The zero-order valence-electron chi connectivity index (χ0n) is 19.4. The number of benzene rings is 3. The van der Waals surface area contributed by atoms with Gasteiger partial charge in [-0.3, -0.25) is 9.59 Å². The molecule has 3 aromatic carbocycles. The summed E-state index contributed by atoms with van der Waals surface area (Å²) in [6.07, 6.45) is 1.10. The molecule has 34 heavy (non-hydrogen) atoms. The highest BCUT2D eigenvalue weighted by molar-refractivity contribution is 5.94. The Bertz CT molecular complexity index is 1040. The monoisotopic (exact) mass is 461 g/mol. The zero-order chi connectivity index (χ0) is 24.0. The Morgan fingerprint density at radius 3 is 2.18 bits per heavy atom. The molecule has 0 fully saturated rings. The number of nitrogens with one attached hydrogen (secondary N) is 3. The first-order valence-electron chi connectivity index (χ1n) is 11.4. The van der Waals surface area contributed by atoms with Gasteiger partial charge >= 0.3 is 0 Å². The summed E-state index contributed by atoms with van der Waals surface area (Å²) in [6, 6.07) is 24.4. The Labute approximate surface area is 200 Å². The van der Waals surface area contributed by atoms with Crippen LogP contribution in [-0.4, -0.2) is 38.2 Å². The molecule has 3 N–H and O–H groups in total. The van der Waals surface area contributed by atoms with E-state index in [2.05, 4.69) is 16.0 Å². The number of ether oxygens (including phenoxy) is 2. The summed E-state index contributed by atoms with van der Waals surface area (Å²) in [5.41, 5.74) is 3.26. The minimum Gasteiger partial charge on any atom is -0.491 e. The van der Waals surface area contributed by atoms with Crippen molar-refractivity contribution < 1.29 is 19.1 Å². The molecule has 3 rings (SSSR count). The van der Waals surface area contributed by atoms with Crippen LogP contribution in [0.15, 0.2) is 78.9 Å². The fraction of sp³-hybridized carbons (Fsp3) is 0.259. The molecule has 0 aromatic heterocycles. The third-order valence-electron chi connectivity index (χ3n) is 4.92. The highest BCUT2D eigenvalue weighted by atomic mass is 16.5. The average molecular weight is 462 g/mol. The molecule has 0 atom stereocenters. The number of amides is 2. The van der Waals surface area contributed by atoms with E-state index >= 15 is 0 Å². The molecule has 0 spiro atoms. The van der Waals surface area contributed by atoms with Crippen molar-refractivity contribution in [2.24, 2.45) is 0 Å². The quantitative estimate of drug-likeness (QED) is 0.321. The molecule has 0 saturated heterocycles. The van der Waals surface area contributed by atoms with Crippen LogP contribution in [0.5, 0.6) is 5.75 Å². The molecule has 0 bridgehead atoms. The Hall–Kier alpha value is -3.84. The second-order valence-corrected chi connectivity index (χ2v) is 7.59. The van der Waals surface area contributed by atoms with Gasteiger partial charge in [0.15, 0.2) is 0 Å². The lowest BCUT2D eigenvalue weighted by molar-refractivity contribution is -0.116. The molecule has 3 aromatic rings. The summed E-state index contributed by atoms with van der Waals surface area (Å²) in [6.45, 7) is 3.72. The van der Waals surface area contributed by atoms with Crippen molar-refractivity contribution in [2.75, 3.05) is 42.3 Å². The predicted octanol–water partition coefficient (Wildman–Crippen LogP) is 4.72. The van der Waals surface area contributed by atoms with Crippen molar-refractivity contribution in [1.29, 1.82) is 0 Å². The molecule has 7 nitrogen and oxygen atoms in total. The van der Waals surface area contributed by atoms with Crippen LogP contribution in [-0.2, 0) is 20.7 Å². The molecule has 2 amide bonds. The van der Waals surface area contributed by atoms with Gasteiger partial charge < -0.3 is 25.4 Å². The van der Waals surface area contributed by atoms with Crippen LogP contribution in [0, 0.1) is 0 Å². The van der Waals surface area contributed by atoms with Crippen molar-refractivity contribution in [1.82, 2.24) is 0 Å². The van der Waals surface area contributed by atoms with Crippen molar-refractivity contribution in [3.05, 3.63) is 84.4 Å². The fourth-order valence-corrected chi connectivity index (χ4v) is 3.21. The van der Waals surface area contributed by atoms with Crippen LogP contribution in [0.4, 0.5) is 17.1 Å². The maximum Gasteiger partial charge on any atom is 0.243 e. The molecular formula is C27H31N3O4. The fourth-order valence-electron chi connectivity index (χ4n) is 3.21. The van der Waals surface area contributed by atoms with Crippen LogP contribution >= 0.6 is 0 Å². The summed E-state index contributed by atoms with van der Waals surface area (Å²) < 4.78 is 10.9. The number of hydrogen-bond donors (Lipinski definition) is 3. The first-order valence-corrected chi connectivity index (χ1v) is 11.4. The average Bonchev–Trinajstić information content (AvgIpc) is 2.86. The molecule has 0 aliphatic carbocycles. The molecule has 0 unspecified atom stereocenters. The van der Waals surface area contributed by atoms with Gasteiger partial charge in [-0.15, -0.1) is 0 Å². The van der Waals surface area contributed by atoms with Gasteiger partial charge in [0.05, 0.1) is 13.2 Å². The summed E-state index contributed by atoms with van der Waals surface area (Å²) in [5.74, 6) is 0.489. The Morgan fingerprint density at radius 2 is 1.47 bits per heavy atom. The van der Waals surface area contributed by atoms with Gasteiger partial charge in [0.25, 0.3) is 0 Å². The van der Waals surface area contributed by atoms with Crippen LogP contribution < -0.4 is 20.7 Å². The topological polar surface area (TPSA) is 88.7 Å². The lowest BCUT2D eigenvalue weighted by Crippen LogP contribution is -2.21. The van der Waals surface area contributed by atoms with Crippen LogP contribution in [0.3, 0.4) is 0 Å². The zero-order valence-corrected chi connectivity index (χ0v) is 19.4. The Balaban J connectivity index is 1.39. The van der Waals surface area contributed by atoms with E-state index in [4.69, 9.17) is 9.47 Å². The Morgan fingerprint density at radius 1 is 0.765 bits per heavy atom. The van der Waals surface area contributed by atoms with Crippen molar-refractivity contribution >= 4 is 28.9 Å². The number of hydrogen-bond acceptors (Lipinski definition) is 5. The largest absolute Gasteiger partial charge is 0.491 e. The standard InChI is InChI=1S/C27H31N3O4/c1-2-33-17-18-34-25-10-6-9-24(19-25)28-20-27(32)30-23-14-12-22(13-15-23)29-26(31)16-11-21-7-4-3-5-8-21/h3-10,12-15,19,28H,2,11,16-18,20H2,1H3,(H,29,31)(H,30,32). The van der Waals surface area contributed by atoms with Gasteiger partial charge in [-0.25, -0.2) is 0 Å². The predicted molar refractivity (Wildman–Crippen MR) is 135 cm³/mol. The first-order chi connectivity index (χ1) is 16.6. The van der Waals surface area contributed by atoms with Crippen LogP contribution in [0.25, 0.3) is 0 Å². The molecule has 0 saturated carbocycles. The number of rotatable bonds is 13. The summed E-state index contributed by atoms with van der Waals surface area (Å²) in [5, 5.41) is 8.81. The Kier molecular flexibility index (Phi) is 9.95. The SMILES string of the molecule is CCOCCOc1cccc(NCC(=O)Nc2ccc(NC(=O)CCc3ccccc3)cc2)c1. The van der Waals surface area contributed by atoms with Gasteiger partial charge in [-0.05, 0) is 55.3 Å². The molecule has 0 radical (unpaired) electrons. The van der Waals surface area contributed by atoms with E-state index in [-0.39, 0.29) is 18.4 Å².